The summed E-state index contributed by atoms with van der Waals surface area (Å²) in [5.74, 6) is 1.45. The predicted molar refractivity (Wildman–Crippen MR) is 111 cm³/mol. The number of thiazole rings is 1. The Bertz CT molecular complexity index is 969. The number of aryl methyl sites for hydroxylation is 2. The van der Waals surface area contributed by atoms with Gasteiger partial charge in [-0.3, -0.25) is 4.90 Å². The van der Waals surface area contributed by atoms with Gasteiger partial charge in [-0.15, -0.1) is 21.5 Å². The fourth-order valence-corrected chi connectivity index (χ4v) is 5.51. The van der Waals surface area contributed by atoms with Crippen LogP contribution in [0.3, 0.4) is 0 Å². The smallest absolute Gasteiger partial charge is 0.177 e. The molecule has 1 fully saturated rings. The number of rotatable bonds is 3. The standard InChI is InChI=1S/C21H28N6S/c1-21(2,3)17-7-8-18-23-24-20(27(18)25-17)14-9-11-26(12-10-14)13-19-22-15-5-4-6-16(15)28-19/h7-8,14H,4-6,9-13H2,1-3H3. The highest BCUT2D eigenvalue weighted by atomic mass is 32.1. The van der Waals surface area contributed by atoms with Crippen molar-refractivity contribution in [2.45, 2.75) is 70.8 Å². The molecule has 0 unspecified atom stereocenters. The van der Waals surface area contributed by atoms with Gasteiger partial charge in [-0.05, 0) is 57.3 Å². The highest BCUT2D eigenvalue weighted by molar-refractivity contribution is 7.11. The third kappa shape index (κ3) is 3.35. The average Bonchev–Trinajstić information content (AvgIpc) is 3.35. The molecule has 0 spiro atoms. The summed E-state index contributed by atoms with van der Waals surface area (Å²) in [5, 5.41) is 15.0. The zero-order valence-electron chi connectivity index (χ0n) is 17.0. The average molecular weight is 397 g/mol. The summed E-state index contributed by atoms with van der Waals surface area (Å²) >= 11 is 1.93. The molecule has 3 aromatic rings. The van der Waals surface area contributed by atoms with E-state index in [1.807, 2.05) is 21.9 Å². The number of likely N-dealkylation sites (tertiary alicyclic amines) is 1. The largest absolute Gasteiger partial charge is 0.297 e. The summed E-state index contributed by atoms with van der Waals surface area (Å²) in [6, 6.07) is 4.11. The van der Waals surface area contributed by atoms with Gasteiger partial charge in [0.05, 0.1) is 17.9 Å². The summed E-state index contributed by atoms with van der Waals surface area (Å²) in [4.78, 5) is 8.94. The van der Waals surface area contributed by atoms with Gasteiger partial charge in [0, 0.05) is 16.2 Å². The Hall–Kier alpha value is -1.86. The number of hydrogen-bond acceptors (Lipinski definition) is 6. The zero-order valence-corrected chi connectivity index (χ0v) is 17.8. The molecule has 1 aliphatic heterocycles. The van der Waals surface area contributed by atoms with Crippen LogP contribution in [0.4, 0.5) is 0 Å². The van der Waals surface area contributed by atoms with Gasteiger partial charge < -0.3 is 0 Å². The number of nitrogens with zero attached hydrogens (tertiary/aromatic N) is 6. The fourth-order valence-electron chi connectivity index (χ4n) is 4.31. The van der Waals surface area contributed by atoms with Crippen LogP contribution >= 0.6 is 11.3 Å². The first-order chi connectivity index (χ1) is 13.5. The summed E-state index contributed by atoms with van der Waals surface area (Å²) in [7, 11) is 0. The molecule has 7 heteroatoms. The van der Waals surface area contributed by atoms with Crippen LogP contribution in [-0.4, -0.2) is 42.8 Å². The maximum Gasteiger partial charge on any atom is 0.177 e. The van der Waals surface area contributed by atoms with Crippen molar-refractivity contribution >= 4 is 17.0 Å². The molecule has 2 aliphatic rings. The van der Waals surface area contributed by atoms with Gasteiger partial charge in [-0.2, -0.15) is 9.61 Å². The molecule has 0 saturated carbocycles. The number of aromatic nitrogens is 5. The van der Waals surface area contributed by atoms with Crippen molar-refractivity contribution in [3.63, 3.8) is 0 Å². The molecule has 5 rings (SSSR count). The molecular formula is C21H28N6S. The van der Waals surface area contributed by atoms with Crippen molar-refractivity contribution in [3.8, 4) is 0 Å². The zero-order chi connectivity index (χ0) is 19.3. The van der Waals surface area contributed by atoms with E-state index < -0.39 is 0 Å². The molecule has 0 radical (unpaired) electrons. The second-order valence-electron chi connectivity index (χ2n) is 9.18. The van der Waals surface area contributed by atoms with Gasteiger partial charge in [0.2, 0.25) is 0 Å². The lowest BCUT2D eigenvalue weighted by Crippen LogP contribution is -2.33. The first-order valence-corrected chi connectivity index (χ1v) is 11.2. The minimum Gasteiger partial charge on any atom is -0.297 e. The van der Waals surface area contributed by atoms with Crippen LogP contribution in [0.2, 0.25) is 0 Å². The number of fused-ring (bicyclic) bond motifs is 2. The van der Waals surface area contributed by atoms with Crippen molar-refractivity contribution < 1.29 is 0 Å². The van der Waals surface area contributed by atoms with E-state index in [4.69, 9.17) is 10.1 Å². The van der Waals surface area contributed by atoms with Crippen molar-refractivity contribution in [1.29, 1.82) is 0 Å². The van der Waals surface area contributed by atoms with Crippen molar-refractivity contribution in [2.75, 3.05) is 13.1 Å². The van der Waals surface area contributed by atoms with Gasteiger partial charge in [0.25, 0.3) is 0 Å². The van der Waals surface area contributed by atoms with Gasteiger partial charge >= 0.3 is 0 Å². The Balaban J connectivity index is 1.28. The van der Waals surface area contributed by atoms with E-state index in [0.29, 0.717) is 5.92 Å². The van der Waals surface area contributed by atoms with E-state index in [1.165, 1.54) is 34.8 Å². The maximum absolute atomic E-state index is 4.87. The van der Waals surface area contributed by atoms with Gasteiger partial charge in [-0.1, -0.05) is 20.8 Å². The van der Waals surface area contributed by atoms with Crippen LogP contribution in [-0.2, 0) is 24.8 Å². The number of hydrogen-bond donors (Lipinski definition) is 0. The molecule has 1 aliphatic carbocycles. The minimum atomic E-state index is 0.0209. The highest BCUT2D eigenvalue weighted by Crippen LogP contribution is 2.31. The normalized spacial score (nSPS) is 18.8. The summed E-state index contributed by atoms with van der Waals surface area (Å²) in [6.07, 6.45) is 5.91. The van der Waals surface area contributed by atoms with Crippen molar-refractivity contribution in [1.82, 2.24) is 29.7 Å². The Morgan fingerprint density at radius 2 is 1.93 bits per heavy atom. The Morgan fingerprint density at radius 1 is 1.11 bits per heavy atom. The molecule has 148 valence electrons. The van der Waals surface area contributed by atoms with Crippen LogP contribution in [0.5, 0.6) is 0 Å². The van der Waals surface area contributed by atoms with Gasteiger partial charge in [0.15, 0.2) is 11.5 Å². The quantitative estimate of drug-likeness (QED) is 0.675. The van der Waals surface area contributed by atoms with Crippen LogP contribution in [0.1, 0.15) is 73.0 Å². The van der Waals surface area contributed by atoms with Crippen LogP contribution < -0.4 is 0 Å². The molecule has 4 heterocycles. The van der Waals surface area contributed by atoms with Crippen LogP contribution in [0, 0.1) is 0 Å². The molecule has 0 amide bonds. The lowest BCUT2D eigenvalue weighted by molar-refractivity contribution is 0.200. The molecule has 28 heavy (non-hydrogen) atoms. The van der Waals surface area contributed by atoms with E-state index in [2.05, 4.69) is 41.9 Å². The highest BCUT2D eigenvalue weighted by Gasteiger charge is 2.27. The molecular weight excluding hydrogens is 368 g/mol. The molecule has 0 N–H and O–H groups in total. The minimum absolute atomic E-state index is 0.0209. The molecule has 6 nitrogen and oxygen atoms in total. The Kier molecular flexibility index (Phi) is 4.47. The first kappa shape index (κ1) is 18.2. The molecule has 1 saturated heterocycles. The predicted octanol–water partition coefficient (Wildman–Crippen LogP) is 3.75. The van der Waals surface area contributed by atoms with Gasteiger partial charge in [0.1, 0.15) is 5.01 Å². The summed E-state index contributed by atoms with van der Waals surface area (Å²) in [6.45, 7) is 9.75. The topological polar surface area (TPSA) is 59.2 Å². The van der Waals surface area contributed by atoms with Crippen molar-refractivity contribution in [2.24, 2.45) is 0 Å². The van der Waals surface area contributed by atoms with E-state index >= 15 is 0 Å². The SMILES string of the molecule is CC(C)(C)c1ccc2nnc(C3CCN(Cc4nc5c(s4)CCC5)CC3)n2n1. The molecule has 0 atom stereocenters. The third-order valence-electron chi connectivity index (χ3n) is 6.01. The summed E-state index contributed by atoms with van der Waals surface area (Å²) < 4.78 is 1.98. The molecule has 3 aromatic heterocycles. The Labute approximate surface area is 170 Å². The second-order valence-corrected chi connectivity index (χ2v) is 10.3. The lowest BCUT2D eigenvalue weighted by atomic mass is 9.92. The lowest BCUT2D eigenvalue weighted by Gasteiger charge is -2.30. The van der Waals surface area contributed by atoms with Crippen molar-refractivity contribution in [3.05, 3.63) is 39.2 Å². The van der Waals surface area contributed by atoms with E-state index in [1.54, 1.807) is 0 Å². The third-order valence-corrected chi connectivity index (χ3v) is 7.15. The van der Waals surface area contributed by atoms with E-state index in [9.17, 15) is 0 Å². The van der Waals surface area contributed by atoms with Gasteiger partial charge in [-0.25, -0.2) is 4.98 Å². The van der Waals surface area contributed by atoms with E-state index in [0.717, 1.165) is 49.6 Å². The monoisotopic (exact) mass is 396 g/mol. The maximum atomic E-state index is 4.87. The van der Waals surface area contributed by atoms with Crippen LogP contribution in [0.25, 0.3) is 5.65 Å². The molecule has 0 bridgehead atoms. The second kappa shape index (κ2) is 6.88. The fraction of sp³-hybridized carbons (Fsp3) is 0.619. The first-order valence-electron chi connectivity index (χ1n) is 10.4. The summed E-state index contributed by atoms with van der Waals surface area (Å²) in [5.41, 5.74) is 3.32. The number of piperidine rings is 1. The van der Waals surface area contributed by atoms with Crippen LogP contribution in [0.15, 0.2) is 12.1 Å². The van der Waals surface area contributed by atoms with E-state index in [-0.39, 0.29) is 5.41 Å². The Morgan fingerprint density at radius 3 is 2.68 bits per heavy atom. The molecule has 0 aromatic carbocycles.